The molecule has 0 bridgehead atoms. The van der Waals surface area contributed by atoms with E-state index in [1.54, 1.807) is 0 Å². The second-order valence-corrected chi connectivity index (χ2v) is 8.41. The molecule has 0 aromatic carbocycles. The van der Waals surface area contributed by atoms with Gasteiger partial charge in [0.2, 0.25) is 0 Å². The van der Waals surface area contributed by atoms with E-state index < -0.39 is 60.6 Å². The summed E-state index contributed by atoms with van der Waals surface area (Å²) in [6, 6.07) is 0. The smallest absolute Gasteiger partial charge is 0.331 e. The number of esters is 3. The summed E-state index contributed by atoms with van der Waals surface area (Å²) in [4.78, 5) is 47.0. The van der Waals surface area contributed by atoms with Crippen molar-refractivity contribution >= 4 is 23.7 Å². The number of hydrogen-bond donors (Lipinski definition) is 1. The first kappa shape index (κ1) is 23.6. The van der Waals surface area contributed by atoms with E-state index in [4.69, 9.17) is 28.4 Å². The molecular weight excluding hydrogens is 440 g/mol. The van der Waals surface area contributed by atoms with E-state index in [0.717, 1.165) is 24.3 Å². The van der Waals surface area contributed by atoms with Gasteiger partial charge in [-0.3, -0.25) is 4.79 Å². The SMILES string of the molecule is CC(=O)/C=C\C(=O)O[C@@H]1CC[C@H]2[C@@H]1OC[C@@H]2OC(=O)/C=C\C(=O)O[C@@H]1CO[C@H]2[C@@H]1OC[C@@H]2O. The fourth-order valence-corrected chi connectivity index (χ4v) is 4.60. The van der Waals surface area contributed by atoms with Crippen molar-refractivity contribution in [2.45, 2.75) is 62.5 Å². The van der Waals surface area contributed by atoms with Gasteiger partial charge in [-0.25, -0.2) is 14.4 Å². The molecule has 0 aromatic heterocycles. The van der Waals surface area contributed by atoms with Crippen LogP contribution in [-0.2, 0) is 47.6 Å². The molecule has 0 unspecified atom stereocenters. The normalized spacial score (nSPS) is 37.3. The van der Waals surface area contributed by atoms with Crippen LogP contribution in [0.2, 0.25) is 0 Å². The molecule has 11 nitrogen and oxygen atoms in total. The zero-order valence-corrected chi connectivity index (χ0v) is 18.0. The van der Waals surface area contributed by atoms with E-state index in [0.29, 0.717) is 12.8 Å². The molecule has 4 fully saturated rings. The highest BCUT2D eigenvalue weighted by molar-refractivity contribution is 5.94. The number of ketones is 1. The van der Waals surface area contributed by atoms with Crippen LogP contribution in [0.5, 0.6) is 0 Å². The number of carbonyl (C=O) groups is 4. The molecule has 180 valence electrons. The maximum Gasteiger partial charge on any atom is 0.331 e. The summed E-state index contributed by atoms with van der Waals surface area (Å²) >= 11 is 0. The molecule has 4 rings (SSSR count). The van der Waals surface area contributed by atoms with Crippen molar-refractivity contribution in [3.8, 4) is 0 Å². The highest BCUT2D eigenvalue weighted by atomic mass is 16.6. The molecule has 8 atom stereocenters. The van der Waals surface area contributed by atoms with Crippen LogP contribution >= 0.6 is 0 Å². The molecule has 4 aliphatic rings. The highest BCUT2D eigenvalue weighted by Gasteiger charge is 2.50. The monoisotopic (exact) mass is 466 g/mol. The average Bonchev–Trinajstić information content (AvgIpc) is 3.52. The number of allylic oxidation sites excluding steroid dienone is 1. The van der Waals surface area contributed by atoms with Crippen LogP contribution in [0.25, 0.3) is 0 Å². The Morgan fingerprint density at radius 2 is 1.24 bits per heavy atom. The molecule has 33 heavy (non-hydrogen) atoms. The van der Waals surface area contributed by atoms with Crippen LogP contribution in [-0.4, -0.2) is 91.3 Å². The fourth-order valence-electron chi connectivity index (χ4n) is 4.60. The van der Waals surface area contributed by atoms with Crippen molar-refractivity contribution in [3.05, 3.63) is 24.3 Å². The Labute approximate surface area is 189 Å². The summed E-state index contributed by atoms with van der Waals surface area (Å²) in [7, 11) is 0. The van der Waals surface area contributed by atoms with Gasteiger partial charge < -0.3 is 33.5 Å². The molecule has 0 amide bonds. The summed E-state index contributed by atoms with van der Waals surface area (Å²) in [6.45, 7) is 1.71. The summed E-state index contributed by atoms with van der Waals surface area (Å²) in [5, 5.41) is 9.72. The first-order valence-corrected chi connectivity index (χ1v) is 10.8. The quantitative estimate of drug-likeness (QED) is 0.291. The zero-order valence-electron chi connectivity index (χ0n) is 18.0. The number of rotatable bonds is 7. The minimum absolute atomic E-state index is 0.106. The second-order valence-electron chi connectivity index (χ2n) is 8.41. The van der Waals surface area contributed by atoms with Crippen LogP contribution < -0.4 is 0 Å². The largest absolute Gasteiger partial charge is 0.456 e. The van der Waals surface area contributed by atoms with Crippen LogP contribution in [0.4, 0.5) is 0 Å². The van der Waals surface area contributed by atoms with Gasteiger partial charge >= 0.3 is 17.9 Å². The van der Waals surface area contributed by atoms with Crippen molar-refractivity contribution in [2.24, 2.45) is 5.92 Å². The molecular formula is C22H26O11. The molecule has 1 N–H and O–H groups in total. The lowest BCUT2D eigenvalue weighted by Gasteiger charge is -2.18. The van der Waals surface area contributed by atoms with Gasteiger partial charge in [-0.1, -0.05) is 0 Å². The lowest BCUT2D eigenvalue weighted by Crippen LogP contribution is -2.34. The molecule has 0 aromatic rings. The zero-order chi connectivity index (χ0) is 23.5. The van der Waals surface area contributed by atoms with Crippen molar-refractivity contribution in [2.75, 3.05) is 19.8 Å². The van der Waals surface area contributed by atoms with Gasteiger partial charge in [-0.2, -0.15) is 0 Å². The first-order valence-electron chi connectivity index (χ1n) is 10.8. The Bertz CT molecular complexity index is 849. The third-order valence-electron chi connectivity index (χ3n) is 6.10. The molecule has 1 saturated carbocycles. The number of carbonyl (C=O) groups excluding carboxylic acids is 4. The summed E-state index contributed by atoms with van der Waals surface area (Å²) in [5.74, 6) is -2.50. The fraction of sp³-hybridized carbons (Fsp3) is 0.636. The van der Waals surface area contributed by atoms with Crippen LogP contribution in [0, 0.1) is 5.92 Å². The number of fused-ring (bicyclic) bond motifs is 2. The van der Waals surface area contributed by atoms with Crippen LogP contribution in [0.15, 0.2) is 24.3 Å². The lowest BCUT2D eigenvalue weighted by atomic mass is 10.0. The van der Waals surface area contributed by atoms with E-state index in [2.05, 4.69) is 0 Å². The van der Waals surface area contributed by atoms with E-state index in [1.807, 2.05) is 0 Å². The number of ether oxygens (including phenoxy) is 6. The second kappa shape index (κ2) is 10.1. The molecule has 1 aliphatic carbocycles. The van der Waals surface area contributed by atoms with E-state index in [9.17, 15) is 24.3 Å². The molecule has 3 heterocycles. The third kappa shape index (κ3) is 5.49. The van der Waals surface area contributed by atoms with Gasteiger partial charge in [0, 0.05) is 24.1 Å². The predicted octanol–water partition coefficient (Wildman–Crippen LogP) is -0.609. The maximum atomic E-state index is 12.2. The molecule has 0 radical (unpaired) electrons. The number of hydrogen-bond acceptors (Lipinski definition) is 11. The predicted molar refractivity (Wildman–Crippen MR) is 107 cm³/mol. The minimum atomic E-state index is -0.752. The van der Waals surface area contributed by atoms with Crippen LogP contribution in [0.3, 0.4) is 0 Å². The van der Waals surface area contributed by atoms with E-state index in [-0.39, 0.29) is 31.5 Å². The van der Waals surface area contributed by atoms with Crippen LogP contribution in [0.1, 0.15) is 19.8 Å². The highest BCUT2D eigenvalue weighted by Crippen LogP contribution is 2.39. The molecule has 3 saturated heterocycles. The van der Waals surface area contributed by atoms with Gasteiger partial charge in [-0.05, 0) is 25.8 Å². The number of aliphatic hydroxyl groups is 1. The molecule has 3 aliphatic heterocycles. The molecule has 11 heteroatoms. The van der Waals surface area contributed by atoms with Crippen molar-refractivity contribution in [3.63, 3.8) is 0 Å². The first-order chi connectivity index (χ1) is 15.8. The summed E-state index contributed by atoms with van der Waals surface area (Å²) in [6.07, 6.45) is 1.46. The Morgan fingerprint density at radius 1 is 0.697 bits per heavy atom. The molecule has 0 spiro atoms. The average molecular weight is 466 g/mol. The van der Waals surface area contributed by atoms with Gasteiger partial charge in [0.05, 0.1) is 19.8 Å². The standard InChI is InChI=1S/C22H26O11/c1-11(23)2-5-17(25)31-14-4-3-12-15(9-29-20(12)14)32-18(26)6-7-19(27)33-16-10-30-21-13(24)8-28-22(16)21/h2,5-7,12-16,20-22,24H,3-4,8-10H2,1H3/b5-2-,7-6-/t12-,13+,14-,15+,16-,20+,21-,22-/m1/s1. The van der Waals surface area contributed by atoms with Gasteiger partial charge in [0.1, 0.15) is 36.6 Å². The topological polar surface area (TPSA) is 144 Å². The van der Waals surface area contributed by atoms with Crippen molar-refractivity contribution < 1.29 is 52.7 Å². The van der Waals surface area contributed by atoms with Crippen molar-refractivity contribution in [1.82, 2.24) is 0 Å². The Balaban J connectivity index is 1.22. The van der Waals surface area contributed by atoms with Gasteiger partial charge in [-0.15, -0.1) is 0 Å². The Kier molecular flexibility index (Phi) is 7.23. The Hall–Kier alpha value is -2.60. The minimum Gasteiger partial charge on any atom is -0.456 e. The van der Waals surface area contributed by atoms with Gasteiger partial charge in [0.25, 0.3) is 0 Å². The Morgan fingerprint density at radius 3 is 1.94 bits per heavy atom. The van der Waals surface area contributed by atoms with Gasteiger partial charge in [0.15, 0.2) is 11.9 Å². The third-order valence-corrected chi connectivity index (χ3v) is 6.10. The maximum absolute atomic E-state index is 12.2. The summed E-state index contributed by atoms with van der Waals surface area (Å²) in [5.41, 5.74) is 0. The lowest BCUT2D eigenvalue weighted by molar-refractivity contribution is -0.149. The van der Waals surface area contributed by atoms with E-state index >= 15 is 0 Å². The number of aliphatic hydroxyl groups excluding tert-OH is 1. The van der Waals surface area contributed by atoms with Crippen molar-refractivity contribution in [1.29, 1.82) is 0 Å². The van der Waals surface area contributed by atoms with E-state index in [1.165, 1.54) is 6.92 Å². The summed E-state index contributed by atoms with van der Waals surface area (Å²) < 4.78 is 32.5.